The van der Waals surface area contributed by atoms with Crippen LogP contribution in [-0.4, -0.2) is 42.0 Å². The third-order valence-corrected chi connectivity index (χ3v) is 5.20. The molecule has 1 aliphatic heterocycles. The highest BCUT2D eigenvalue weighted by Crippen LogP contribution is 2.26. The zero-order chi connectivity index (χ0) is 17.6. The summed E-state index contributed by atoms with van der Waals surface area (Å²) in [5.74, 6) is 0.999. The molecule has 1 aromatic heterocycles. The van der Waals surface area contributed by atoms with Crippen LogP contribution in [0.25, 0.3) is 0 Å². The lowest BCUT2D eigenvalue weighted by atomic mass is 10.1. The smallest absolute Gasteiger partial charge is 0.123 e. The van der Waals surface area contributed by atoms with Crippen molar-refractivity contribution in [3.63, 3.8) is 0 Å². The molecule has 0 unspecified atom stereocenters. The Hall–Kier alpha value is -1.91. The summed E-state index contributed by atoms with van der Waals surface area (Å²) in [6.07, 6.45) is 6.40. The van der Waals surface area contributed by atoms with Crippen molar-refractivity contribution in [2.24, 2.45) is 0 Å². The van der Waals surface area contributed by atoms with E-state index in [1.807, 2.05) is 18.5 Å². The Balaban J connectivity index is 1.71. The summed E-state index contributed by atoms with van der Waals surface area (Å²) in [6, 6.07) is 11.1. The molecule has 0 bridgehead atoms. The number of rotatable bonds is 7. The number of hydrogen-bond donors (Lipinski definition) is 0. The van der Waals surface area contributed by atoms with Gasteiger partial charge in [0.15, 0.2) is 0 Å². The Kier molecular flexibility index (Phi) is 6.05. The Bertz CT molecular complexity index is 668. The van der Waals surface area contributed by atoms with Crippen LogP contribution in [0.5, 0.6) is 5.75 Å². The summed E-state index contributed by atoms with van der Waals surface area (Å²) in [4.78, 5) is 9.12. The van der Waals surface area contributed by atoms with E-state index < -0.39 is 0 Å². The van der Waals surface area contributed by atoms with Gasteiger partial charge in [-0.25, -0.2) is 0 Å². The molecule has 2 aromatic rings. The van der Waals surface area contributed by atoms with Gasteiger partial charge in [-0.2, -0.15) is 0 Å². The molecule has 134 valence electrons. The zero-order valence-corrected chi connectivity index (χ0v) is 15.6. The van der Waals surface area contributed by atoms with Gasteiger partial charge in [-0.15, -0.1) is 0 Å². The minimum Gasteiger partial charge on any atom is -0.496 e. The first-order chi connectivity index (χ1) is 12.2. The predicted octanol–water partition coefficient (Wildman–Crippen LogP) is 3.88. The van der Waals surface area contributed by atoms with Gasteiger partial charge in [0, 0.05) is 37.1 Å². The van der Waals surface area contributed by atoms with Gasteiger partial charge >= 0.3 is 0 Å². The number of benzene rings is 1. The predicted molar refractivity (Wildman–Crippen MR) is 102 cm³/mol. The van der Waals surface area contributed by atoms with Crippen LogP contribution >= 0.6 is 0 Å². The highest BCUT2D eigenvalue weighted by Gasteiger charge is 2.16. The average Bonchev–Trinajstić information content (AvgIpc) is 3.15. The molecule has 4 nitrogen and oxygen atoms in total. The van der Waals surface area contributed by atoms with Gasteiger partial charge < -0.3 is 4.74 Å². The van der Waals surface area contributed by atoms with Crippen LogP contribution in [0.1, 0.15) is 42.5 Å². The SMILES string of the molecule is COc1ccc(CN(C)[C@@H](C)c2cccnc2)cc1CN1CCCC1. The maximum atomic E-state index is 5.58. The van der Waals surface area contributed by atoms with Crippen molar-refractivity contribution in [3.8, 4) is 5.75 Å². The summed E-state index contributed by atoms with van der Waals surface area (Å²) < 4.78 is 5.58. The number of hydrogen-bond acceptors (Lipinski definition) is 4. The topological polar surface area (TPSA) is 28.6 Å². The maximum absolute atomic E-state index is 5.58. The Morgan fingerprint density at radius 2 is 2.04 bits per heavy atom. The molecular weight excluding hydrogens is 310 g/mol. The first kappa shape index (κ1) is 17.9. The third kappa shape index (κ3) is 4.59. The molecule has 1 aromatic carbocycles. The van der Waals surface area contributed by atoms with E-state index in [1.165, 1.54) is 42.6 Å². The molecule has 1 fully saturated rings. The maximum Gasteiger partial charge on any atom is 0.123 e. The molecule has 0 N–H and O–H groups in total. The summed E-state index contributed by atoms with van der Waals surface area (Å²) in [5, 5.41) is 0. The lowest BCUT2D eigenvalue weighted by Crippen LogP contribution is -2.22. The molecule has 3 rings (SSSR count). The van der Waals surface area contributed by atoms with Crippen LogP contribution in [0.4, 0.5) is 0 Å². The highest BCUT2D eigenvalue weighted by atomic mass is 16.5. The van der Waals surface area contributed by atoms with E-state index >= 15 is 0 Å². The third-order valence-electron chi connectivity index (χ3n) is 5.20. The van der Waals surface area contributed by atoms with Crippen molar-refractivity contribution in [2.75, 3.05) is 27.2 Å². The van der Waals surface area contributed by atoms with Crippen molar-refractivity contribution in [1.82, 2.24) is 14.8 Å². The number of methoxy groups -OCH3 is 1. The standard InChI is InChI=1S/C21H29N3O/c1-17(19-7-6-10-22-14-19)23(2)15-18-8-9-21(25-3)20(13-18)16-24-11-4-5-12-24/h6-10,13-14,17H,4-5,11-12,15-16H2,1-3H3/t17-/m0/s1. The van der Waals surface area contributed by atoms with E-state index in [1.54, 1.807) is 7.11 Å². The van der Waals surface area contributed by atoms with Crippen LogP contribution in [0.3, 0.4) is 0 Å². The van der Waals surface area contributed by atoms with E-state index in [4.69, 9.17) is 4.74 Å². The first-order valence-corrected chi connectivity index (χ1v) is 9.15. The van der Waals surface area contributed by atoms with Gasteiger partial charge in [0.2, 0.25) is 0 Å². The second kappa shape index (κ2) is 8.45. The Labute approximate surface area is 151 Å². The quantitative estimate of drug-likeness (QED) is 0.765. The minimum atomic E-state index is 0.331. The van der Waals surface area contributed by atoms with Crippen LogP contribution in [0.2, 0.25) is 0 Å². The van der Waals surface area contributed by atoms with Crippen molar-refractivity contribution < 1.29 is 4.74 Å². The molecule has 0 spiro atoms. The van der Waals surface area contributed by atoms with Gasteiger partial charge in [-0.3, -0.25) is 14.8 Å². The molecule has 0 amide bonds. The number of likely N-dealkylation sites (tertiary alicyclic amines) is 1. The van der Waals surface area contributed by atoms with Crippen LogP contribution in [-0.2, 0) is 13.1 Å². The monoisotopic (exact) mass is 339 g/mol. The number of pyridine rings is 1. The summed E-state index contributed by atoms with van der Waals surface area (Å²) in [6.45, 7) is 6.52. The Morgan fingerprint density at radius 1 is 1.24 bits per heavy atom. The average molecular weight is 339 g/mol. The van der Waals surface area contributed by atoms with Gasteiger partial charge in [0.25, 0.3) is 0 Å². The second-order valence-corrected chi connectivity index (χ2v) is 7.01. The number of nitrogens with zero attached hydrogens (tertiary/aromatic N) is 3. The highest BCUT2D eigenvalue weighted by molar-refractivity contribution is 5.37. The van der Waals surface area contributed by atoms with E-state index in [-0.39, 0.29) is 0 Å². The van der Waals surface area contributed by atoms with Crippen molar-refractivity contribution in [3.05, 3.63) is 59.4 Å². The van der Waals surface area contributed by atoms with E-state index in [0.717, 1.165) is 18.8 Å². The lowest BCUT2D eigenvalue weighted by molar-refractivity contribution is 0.252. The van der Waals surface area contributed by atoms with Gasteiger partial charge in [-0.05, 0) is 69.2 Å². The largest absolute Gasteiger partial charge is 0.496 e. The van der Waals surface area contributed by atoms with Crippen LogP contribution < -0.4 is 4.74 Å². The van der Waals surface area contributed by atoms with Crippen molar-refractivity contribution in [1.29, 1.82) is 0 Å². The van der Waals surface area contributed by atoms with E-state index in [2.05, 4.69) is 53.0 Å². The summed E-state index contributed by atoms with van der Waals surface area (Å²) in [5.41, 5.74) is 3.87. The Morgan fingerprint density at radius 3 is 2.72 bits per heavy atom. The molecule has 0 radical (unpaired) electrons. The summed E-state index contributed by atoms with van der Waals surface area (Å²) >= 11 is 0. The van der Waals surface area contributed by atoms with Gasteiger partial charge in [0.1, 0.15) is 5.75 Å². The molecule has 2 heterocycles. The molecule has 1 aliphatic rings. The first-order valence-electron chi connectivity index (χ1n) is 9.15. The molecular formula is C21H29N3O. The van der Waals surface area contributed by atoms with Crippen molar-refractivity contribution in [2.45, 2.75) is 38.9 Å². The van der Waals surface area contributed by atoms with Gasteiger partial charge in [-0.1, -0.05) is 12.1 Å². The fourth-order valence-electron chi connectivity index (χ4n) is 3.54. The fourth-order valence-corrected chi connectivity index (χ4v) is 3.54. The number of aromatic nitrogens is 1. The zero-order valence-electron chi connectivity index (χ0n) is 15.6. The molecule has 4 heteroatoms. The van der Waals surface area contributed by atoms with Crippen LogP contribution in [0.15, 0.2) is 42.7 Å². The molecule has 1 saturated heterocycles. The molecule has 0 aliphatic carbocycles. The minimum absolute atomic E-state index is 0.331. The number of ether oxygens (including phenoxy) is 1. The molecule has 1 atom stereocenters. The fraction of sp³-hybridized carbons (Fsp3) is 0.476. The van der Waals surface area contributed by atoms with E-state index in [9.17, 15) is 0 Å². The molecule has 0 saturated carbocycles. The summed E-state index contributed by atoms with van der Waals surface area (Å²) in [7, 11) is 3.93. The van der Waals surface area contributed by atoms with Gasteiger partial charge in [0.05, 0.1) is 7.11 Å². The van der Waals surface area contributed by atoms with Crippen molar-refractivity contribution >= 4 is 0 Å². The second-order valence-electron chi connectivity index (χ2n) is 7.01. The van der Waals surface area contributed by atoms with Crippen LogP contribution in [0, 0.1) is 0 Å². The lowest BCUT2D eigenvalue weighted by Gasteiger charge is -2.25. The molecule has 25 heavy (non-hydrogen) atoms. The normalized spacial score (nSPS) is 16.3. The van der Waals surface area contributed by atoms with E-state index in [0.29, 0.717) is 6.04 Å².